The van der Waals surface area contributed by atoms with Gasteiger partial charge in [-0.25, -0.2) is 0 Å². The number of nitrogens with one attached hydrogen (secondary N) is 1. The summed E-state index contributed by atoms with van der Waals surface area (Å²) in [5.41, 5.74) is 4.27. The van der Waals surface area contributed by atoms with Crippen molar-refractivity contribution >= 4 is 27.7 Å². The topological polar surface area (TPSA) is 58.1 Å². The van der Waals surface area contributed by atoms with Crippen LogP contribution in [0.15, 0.2) is 65.1 Å². The zero-order valence-corrected chi connectivity index (χ0v) is 18.6. The molecule has 0 unspecified atom stereocenters. The molecule has 1 amide bonds. The van der Waals surface area contributed by atoms with Gasteiger partial charge in [0.05, 0.1) is 5.69 Å². The van der Waals surface area contributed by atoms with E-state index in [0.717, 1.165) is 53.0 Å². The fourth-order valence-corrected chi connectivity index (χ4v) is 4.02. The first-order valence-corrected chi connectivity index (χ1v) is 11.1. The first kappa shape index (κ1) is 20.5. The van der Waals surface area contributed by atoms with E-state index in [9.17, 15) is 4.79 Å². The monoisotopic (exact) mass is 464 g/mol. The second kappa shape index (κ2) is 9.39. The number of carbonyl (C=O) groups is 1. The Morgan fingerprint density at radius 3 is 2.50 bits per heavy atom. The summed E-state index contributed by atoms with van der Waals surface area (Å²) in [7, 11) is 0. The number of hydrogen-bond donors (Lipinski definition) is 1. The number of carbonyl (C=O) groups excluding carboxylic acids is 1. The fourth-order valence-electron chi connectivity index (χ4n) is 3.76. The van der Waals surface area contributed by atoms with Gasteiger partial charge in [-0.1, -0.05) is 51.8 Å². The molecule has 0 aliphatic carbocycles. The Hall–Kier alpha value is -2.73. The normalized spacial score (nSPS) is 14.5. The van der Waals surface area contributed by atoms with Crippen molar-refractivity contribution in [3.63, 3.8) is 0 Å². The van der Waals surface area contributed by atoms with E-state index in [2.05, 4.69) is 61.5 Å². The second-order valence-electron chi connectivity index (χ2n) is 7.75. The Morgan fingerprint density at radius 2 is 1.83 bits per heavy atom. The van der Waals surface area contributed by atoms with Crippen LogP contribution >= 0.6 is 15.9 Å². The Labute approximate surface area is 185 Å². The summed E-state index contributed by atoms with van der Waals surface area (Å²) in [4.78, 5) is 14.8. The molecule has 2 heterocycles. The highest BCUT2D eigenvalue weighted by atomic mass is 79.9. The van der Waals surface area contributed by atoms with Gasteiger partial charge < -0.3 is 10.2 Å². The summed E-state index contributed by atoms with van der Waals surface area (Å²) < 4.78 is 1.04. The summed E-state index contributed by atoms with van der Waals surface area (Å²) in [6, 6.07) is 20.3. The number of benzene rings is 2. The molecule has 0 radical (unpaired) electrons. The highest BCUT2D eigenvalue weighted by Crippen LogP contribution is 2.24. The van der Waals surface area contributed by atoms with Gasteiger partial charge in [-0.15, -0.1) is 10.2 Å². The van der Waals surface area contributed by atoms with Gasteiger partial charge in [0.1, 0.15) is 0 Å². The molecule has 1 aliphatic heterocycles. The maximum absolute atomic E-state index is 12.5. The van der Waals surface area contributed by atoms with Crippen molar-refractivity contribution in [3.8, 4) is 11.3 Å². The van der Waals surface area contributed by atoms with E-state index in [4.69, 9.17) is 0 Å². The van der Waals surface area contributed by atoms with Crippen molar-refractivity contribution in [2.24, 2.45) is 5.92 Å². The number of anilines is 1. The fraction of sp³-hybridized carbons (Fsp3) is 0.292. The second-order valence-corrected chi connectivity index (χ2v) is 8.67. The largest absolute Gasteiger partial charge is 0.355 e. The number of aromatic nitrogens is 2. The Bertz CT molecular complexity index is 996. The quantitative estimate of drug-likeness (QED) is 0.591. The predicted octanol–water partition coefficient (Wildman–Crippen LogP) is 4.75. The van der Waals surface area contributed by atoms with Crippen LogP contribution in [0, 0.1) is 12.8 Å². The van der Waals surface area contributed by atoms with Crippen LogP contribution in [-0.4, -0.2) is 29.2 Å². The van der Waals surface area contributed by atoms with E-state index in [-0.39, 0.29) is 11.8 Å². The molecule has 1 fully saturated rings. The summed E-state index contributed by atoms with van der Waals surface area (Å²) in [5.74, 6) is 1.06. The molecular formula is C24H25BrN4O. The minimum absolute atomic E-state index is 0.0521. The zero-order valence-electron chi connectivity index (χ0n) is 17.0. The minimum Gasteiger partial charge on any atom is -0.355 e. The molecule has 4 rings (SSSR count). The highest BCUT2D eigenvalue weighted by molar-refractivity contribution is 9.10. The average Bonchev–Trinajstić information content (AvgIpc) is 2.79. The number of nitrogens with zero attached hydrogens (tertiary/aromatic N) is 3. The van der Waals surface area contributed by atoms with Crippen molar-refractivity contribution in [2.75, 3.05) is 18.0 Å². The molecule has 2 aromatic carbocycles. The molecule has 0 spiro atoms. The average molecular weight is 465 g/mol. The Morgan fingerprint density at radius 1 is 1.07 bits per heavy atom. The van der Waals surface area contributed by atoms with Crippen LogP contribution in [-0.2, 0) is 11.3 Å². The van der Waals surface area contributed by atoms with Crippen molar-refractivity contribution in [1.82, 2.24) is 15.5 Å². The molecule has 1 N–H and O–H groups in total. The summed E-state index contributed by atoms with van der Waals surface area (Å²) in [6.07, 6.45) is 1.65. The lowest BCUT2D eigenvalue weighted by Gasteiger charge is -2.31. The van der Waals surface area contributed by atoms with E-state index < -0.39 is 0 Å². The Balaban J connectivity index is 1.29. The summed E-state index contributed by atoms with van der Waals surface area (Å²) >= 11 is 3.43. The molecule has 1 aromatic heterocycles. The number of aryl methyl sites for hydroxylation is 1. The minimum atomic E-state index is 0.0521. The summed E-state index contributed by atoms with van der Waals surface area (Å²) in [5, 5.41) is 11.9. The maximum atomic E-state index is 12.5. The number of halogens is 1. The van der Waals surface area contributed by atoms with Crippen LogP contribution in [0.5, 0.6) is 0 Å². The molecule has 1 aliphatic rings. The zero-order chi connectivity index (χ0) is 20.9. The van der Waals surface area contributed by atoms with Gasteiger partial charge in [0.15, 0.2) is 5.82 Å². The lowest BCUT2D eigenvalue weighted by Crippen LogP contribution is -2.40. The van der Waals surface area contributed by atoms with Crippen LogP contribution in [0.2, 0.25) is 0 Å². The van der Waals surface area contributed by atoms with Crippen LogP contribution in [0.3, 0.4) is 0 Å². The SMILES string of the molecule is Cc1cccc(-c2ccc(N3CCC(C(=O)NCc4ccc(Br)cc4)CC3)nn2)c1. The third-order valence-electron chi connectivity index (χ3n) is 5.53. The van der Waals surface area contributed by atoms with Crippen molar-refractivity contribution in [3.05, 3.63) is 76.3 Å². The molecule has 5 nitrogen and oxygen atoms in total. The van der Waals surface area contributed by atoms with E-state index in [0.29, 0.717) is 6.54 Å². The maximum Gasteiger partial charge on any atom is 0.223 e. The van der Waals surface area contributed by atoms with Gasteiger partial charge in [0.2, 0.25) is 5.91 Å². The van der Waals surface area contributed by atoms with E-state index in [1.165, 1.54) is 5.56 Å². The number of piperidine rings is 1. The molecule has 0 bridgehead atoms. The summed E-state index contributed by atoms with van der Waals surface area (Å²) in [6.45, 7) is 4.27. The first-order chi connectivity index (χ1) is 14.6. The van der Waals surface area contributed by atoms with E-state index in [1.54, 1.807) is 0 Å². The molecular weight excluding hydrogens is 440 g/mol. The number of hydrogen-bond acceptors (Lipinski definition) is 4. The van der Waals surface area contributed by atoms with Gasteiger partial charge in [0.25, 0.3) is 0 Å². The van der Waals surface area contributed by atoms with Crippen molar-refractivity contribution in [1.29, 1.82) is 0 Å². The lowest BCUT2D eigenvalue weighted by molar-refractivity contribution is -0.125. The van der Waals surface area contributed by atoms with Crippen LogP contribution < -0.4 is 10.2 Å². The van der Waals surface area contributed by atoms with Gasteiger partial charge in [-0.05, 0) is 55.7 Å². The van der Waals surface area contributed by atoms with Crippen LogP contribution in [0.25, 0.3) is 11.3 Å². The molecule has 30 heavy (non-hydrogen) atoms. The van der Waals surface area contributed by atoms with Gasteiger partial charge in [0, 0.05) is 35.6 Å². The molecule has 1 saturated heterocycles. The van der Waals surface area contributed by atoms with Crippen molar-refractivity contribution in [2.45, 2.75) is 26.3 Å². The predicted molar refractivity (Wildman–Crippen MR) is 123 cm³/mol. The highest BCUT2D eigenvalue weighted by Gasteiger charge is 2.25. The lowest BCUT2D eigenvalue weighted by atomic mass is 9.96. The number of rotatable bonds is 5. The van der Waals surface area contributed by atoms with Gasteiger partial charge in [-0.3, -0.25) is 4.79 Å². The third-order valence-corrected chi connectivity index (χ3v) is 6.06. The number of amides is 1. The van der Waals surface area contributed by atoms with E-state index >= 15 is 0 Å². The molecule has 0 saturated carbocycles. The molecule has 6 heteroatoms. The van der Waals surface area contributed by atoms with Crippen LogP contribution in [0.4, 0.5) is 5.82 Å². The molecule has 154 valence electrons. The van der Waals surface area contributed by atoms with E-state index in [1.807, 2.05) is 42.5 Å². The van der Waals surface area contributed by atoms with Crippen molar-refractivity contribution < 1.29 is 4.79 Å². The molecule has 3 aromatic rings. The van der Waals surface area contributed by atoms with Crippen LogP contribution in [0.1, 0.15) is 24.0 Å². The third kappa shape index (κ3) is 5.05. The Kier molecular flexibility index (Phi) is 6.43. The smallest absolute Gasteiger partial charge is 0.223 e. The molecule has 0 atom stereocenters. The van der Waals surface area contributed by atoms with Gasteiger partial charge in [-0.2, -0.15) is 0 Å². The first-order valence-electron chi connectivity index (χ1n) is 10.3. The van der Waals surface area contributed by atoms with Gasteiger partial charge >= 0.3 is 0 Å². The standard InChI is InChI=1S/C24H25BrN4O/c1-17-3-2-4-20(15-17)22-9-10-23(28-27-22)29-13-11-19(12-14-29)24(30)26-16-18-5-7-21(25)8-6-18/h2-10,15,19H,11-14,16H2,1H3,(H,26,30).